The lowest BCUT2D eigenvalue weighted by atomic mass is 10.0. The summed E-state index contributed by atoms with van der Waals surface area (Å²) < 4.78 is 0. The Morgan fingerprint density at radius 1 is 1.30 bits per heavy atom. The van der Waals surface area contributed by atoms with E-state index in [1.54, 1.807) is 0 Å². The molecule has 0 amide bonds. The van der Waals surface area contributed by atoms with Crippen LogP contribution in [0.3, 0.4) is 0 Å². The van der Waals surface area contributed by atoms with Gasteiger partial charge in [-0.2, -0.15) is 0 Å². The van der Waals surface area contributed by atoms with Crippen LogP contribution in [0.1, 0.15) is 39.0 Å². The third-order valence-electron chi connectivity index (χ3n) is 4.02. The molecule has 5 heteroatoms. The van der Waals surface area contributed by atoms with Gasteiger partial charge in [0, 0.05) is 18.6 Å². The normalized spacial score (nSPS) is 22.4. The maximum atomic E-state index is 5.27. The van der Waals surface area contributed by atoms with Crippen molar-refractivity contribution in [2.24, 2.45) is 0 Å². The molecule has 2 heterocycles. The second-order valence-corrected chi connectivity index (χ2v) is 6.22. The van der Waals surface area contributed by atoms with Gasteiger partial charge in [0.1, 0.15) is 5.82 Å². The van der Waals surface area contributed by atoms with Crippen molar-refractivity contribution in [2.75, 3.05) is 16.8 Å². The predicted molar refractivity (Wildman–Crippen MR) is 87.3 cm³/mol. The molecule has 3 rings (SSSR count). The summed E-state index contributed by atoms with van der Waals surface area (Å²) in [6.45, 7) is 3.39. The summed E-state index contributed by atoms with van der Waals surface area (Å²) in [6, 6.07) is 5.32. The van der Waals surface area contributed by atoms with Gasteiger partial charge in [-0.1, -0.05) is 0 Å². The Morgan fingerprint density at radius 3 is 2.80 bits per heavy atom. The number of pyridine rings is 1. The molecule has 1 unspecified atom stereocenters. The van der Waals surface area contributed by atoms with Crippen LogP contribution in [0.25, 0.3) is 0 Å². The van der Waals surface area contributed by atoms with Crippen molar-refractivity contribution in [3.05, 3.63) is 18.3 Å². The van der Waals surface area contributed by atoms with Gasteiger partial charge in [0.2, 0.25) is 0 Å². The van der Waals surface area contributed by atoms with E-state index < -0.39 is 0 Å². The maximum Gasteiger partial charge on any atom is 0.171 e. The highest BCUT2D eigenvalue weighted by molar-refractivity contribution is 7.80. The van der Waals surface area contributed by atoms with E-state index in [-0.39, 0.29) is 0 Å². The number of hydrogen-bond donors (Lipinski definition) is 2. The monoisotopic (exact) mass is 290 g/mol. The zero-order valence-corrected chi connectivity index (χ0v) is 12.7. The van der Waals surface area contributed by atoms with Crippen LogP contribution in [-0.4, -0.2) is 28.7 Å². The van der Waals surface area contributed by atoms with Crippen molar-refractivity contribution in [3.8, 4) is 0 Å². The summed E-state index contributed by atoms with van der Waals surface area (Å²) in [7, 11) is 0. The lowest BCUT2D eigenvalue weighted by molar-refractivity contribution is 0.481. The van der Waals surface area contributed by atoms with E-state index in [1.807, 2.05) is 6.20 Å². The molecule has 2 fully saturated rings. The molecule has 1 aliphatic heterocycles. The molecular weight excluding hydrogens is 268 g/mol. The van der Waals surface area contributed by atoms with Crippen molar-refractivity contribution >= 4 is 28.8 Å². The van der Waals surface area contributed by atoms with Crippen LogP contribution in [0.5, 0.6) is 0 Å². The van der Waals surface area contributed by atoms with Gasteiger partial charge in [-0.25, -0.2) is 4.98 Å². The van der Waals surface area contributed by atoms with Crippen molar-refractivity contribution < 1.29 is 0 Å². The van der Waals surface area contributed by atoms with E-state index in [0.717, 1.165) is 18.1 Å². The first kappa shape index (κ1) is 13.6. The van der Waals surface area contributed by atoms with Crippen LogP contribution in [0.15, 0.2) is 18.3 Å². The zero-order valence-electron chi connectivity index (χ0n) is 11.9. The maximum absolute atomic E-state index is 5.27. The van der Waals surface area contributed by atoms with Crippen LogP contribution in [0, 0.1) is 0 Å². The third-order valence-corrected chi connectivity index (χ3v) is 4.24. The first-order valence-corrected chi connectivity index (χ1v) is 7.93. The molecule has 0 aromatic carbocycles. The van der Waals surface area contributed by atoms with E-state index in [4.69, 9.17) is 12.2 Å². The van der Waals surface area contributed by atoms with Gasteiger partial charge in [0.05, 0.1) is 11.9 Å². The van der Waals surface area contributed by atoms with E-state index in [0.29, 0.717) is 17.2 Å². The Bertz CT molecular complexity index is 469. The average molecular weight is 290 g/mol. The molecular formula is C15H22N4S. The van der Waals surface area contributed by atoms with E-state index in [9.17, 15) is 0 Å². The number of nitrogens with zero attached hydrogens (tertiary/aromatic N) is 2. The van der Waals surface area contributed by atoms with Crippen LogP contribution in [0.4, 0.5) is 11.5 Å². The largest absolute Gasteiger partial charge is 0.360 e. The van der Waals surface area contributed by atoms with Crippen LogP contribution < -0.4 is 15.5 Å². The molecule has 1 aliphatic carbocycles. The van der Waals surface area contributed by atoms with Crippen molar-refractivity contribution in [1.82, 2.24) is 10.3 Å². The van der Waals surface area contributed by atoms with Crippen LogP contribution in [0.2, 0.25) is 0 Å². The number of aromatic nitrogens is 1. The molecule has 2 aliphatic rings. The van der Waals surface area contributed by atoms with Gasteiger partial charge in [-0.3, -0.25) is 0 Å². The molecule has 1 saturated carbocycles. The average Bonchev–Trinajstić information content (AvgIpc) is 3.24. The number of anilines is 2. The molecule has 0 radical (unpaired) electrons. The Morgan fingerprint density at radius 2 is 2.15 bits per heavy atom. The van der Waals surface area contributed by atoms with Gasteiger partial charge >= 0.3 is 0 Å². The fourth-order valence-corrected chi connectivity index (χ4v) is 2.93. The van der Waals surface area contributed by atoms with Crippen molar-refractivity contribution in [1.29, 1.82) is 0 Å². The minimum atomic E-state index is 0.580. The lowest BCUT2D eigenvalue weighted by Crippen LogP contribution is -2.38. The SMILES string of the molecule is CC1CCCCN1c1ccc(NC(=S)NC2CC2)cn1. The molecule has 2 N–H and O–H groups in total. The Balaban J connectivity index is 1.59. The van der Waals surface area contributed by atoms with Crippen molar-refractivity contribution in [3.63, 3.8) is 0 Å². The highest BCUT2D eigenvalue weighted by atomic mass is 32.1. The molecule has 1 atom stereocenters. The second kappa shape index (κ2) is 5.95. The van der Waals surface area contributed by atoms with Gasteiger partial charge < -0.3 is 15.5 Å². The minimum absolute atomic E-state index is 0.580. The molecule has 1 aromatic rings. The predicted octanol–water partition coefficient (Wildman–Crippen LogP) is 2.91. The number of nitrogens with one attached hydrogen (secondary N) is 2. The minimum Gasteiger partial charge on any atom is -0.360 e. The fraction of sp³-hybridized carbons (Fsp3) is 0.600. The second-order valence-electron chi connectivity index (χ2n) is 5.82. The first-order chi connectivity index (χ1) is 9.72. The van der Waals surface area contributed by atoms with Gasteiger partial charge in [-0.05, 0) is 63.4 Å². The van der Waals surface area contributed by atoms with Gasteiger partial charge in [-0.15, -0.1) is 0 Å². The first-order valence-electron chi connectivity index (χ1n) is 7.52. The quantitative estimate of drug-likeness (QED) is 0.838. The summed E-state index contributed by atoms with van der Waals surface area (Å²) in [6.07, 6.45) is 8.19. The van der Waals surface area contributed by atoms with Gasteiger partial charge in [0.25, 0.3) is 0 Å². The lowest BCUT2D eigenvalue weighted by Gasteiger charge is -2.34. The van der Waals surface area contributed by atoms with E-state index in [1.165, 1.54) is 32.1 Å². The highest BCUT2D eigenvalue weighted by Crippen LogP contribution is 2.23. The molecule has 0 spiro atoms. The standard InChI is InChI=1S/C15H22N4S/c1-11-4-2-3-9-19(11)14-8-7-13(10-16-14)18-15(20)17-12-5-6-12/h7-8,10-12H,2-6,9H2,1H3,(H2,17,18,20). The smallest absolute Gasteiger partial charge is 0.171 e. The third kappa shape index (κ3) is 3.39. The summed E-state index contributed by atoms with van der Waals surface area (Å²) in [5, 5.41) is 7.17. The highest BCUT2D eigenvalue weighted by Gasteiger charge is 2.22. The number of piperidine rings is 1. The summed E-state index contributed by atoms with van der Waals surface area (Å²) in [5.41, 5.74) is 0.955. The van der Waals surface area contributed by atoms with Crippen LogP contribution in [-0.2, 0) is 0 Å². The zero-order chi connectivity index (χ0) is 13.9. The molecule has 108 valence electrons. The summed E-state index contributed by atoms with van der Waals surface area (Å²) in [5.74, 6) is 1.07. The molecule has 1 saturated heterocycles. The summed E-state index contributed by atoms with van der Waals surface area (Å²) >= 11 is 5.27. The number of hydrogen-bond acceptors (Lipinski definition) is 3. The molecule has 20 heavy (non-hydrogen) atoms. The van der Waals surface area contributed by atoms with Crippen molar-refractivity contribution in [2.45, 2.75) is 51.1 Å². The number of rotatable bonds is 3. The summed E-state index contributed by atoms with van der Waals surface area (Å²) in [4.78, 5) is 6.97. The molecule has 4 nitrogen and oxygen atoms in total. The topological polar surface area (TPSA) is 40.2 Å². The molecule has 1 aromatic heterocycles. The Hall–Kier alpha value is -1.36. The fourth-order valence-electron chi connectivity index (χ4n) is 2.65. The Labute approximate surface area is 126 Å². The molecule has 0 bridgehead atoms. The number of thiocarbonyl (C=S) groups is 1. The Kier molecular flexibility index (Phi) is 4.05. The van der Waals surface area contributed by atoms with Gasteiger partial charge in [0.15, 0.2) is 5.11 Å². The van der Waals surface area contributed by atoms with E-state index >= 15 is 0 Å². The van der Waals surface area contributed by atoms with E-state index in [2.05, 4.69) is 39.6 Å². The van der Waals surface area contributed by atoms with Crippen LogP contribution >= 0.6 is 12.2 Å².